The Balaban J connectivity index is 0.00000200. The Morgan fingerprint density at radius 3 is 2.80 bits per heavy atom. The van der Waals surface area contributed by atoms with Crippen molar-refractivity contribution >= 4 is 18.3 Å². The van der Waals surface area contributed by atoms with Crippen LogP contribution in [0, 0.1) is 0 Å². The van der Waals surface area contributed by atoms with Gasteiger partial charge in [-0.1, -0.05) is 30.3 Å². The molecule has 1 aromatic carbocycles. The molecule has 2 rings (SSSR count). The fourth-order valence-corrected chi connectivity index (χ4v) is 2.33. The third-order valence-corrected chi connectivity index (χ3v) is 3.45. The summed E-state index contributed by atoms with van der Waals surface area (Å²) in [5.41, 5.74) is 6.87. The molecule has 1 atom stereocenters. The number of carbonyl (C=O) groups is 1. The topological polar surface area (TPSA) is 55.6 Å². The summed E-state index contributed by atoms with van der Waals surface area (Å²) < 4.78 is 5.46. The first-order valence-electron chi connectivity index (χ1n) is 6.93. The lowest BCUT2D eigenvalue weighted by Gasteiger charge is -2.32. The van der Waals surface area contributed by atoms with E-state index in [2.05, 4.69) is 12.1 Å². The molecule has 0 radical (unpaired) electrons. The van der Waals surface area contributed by atoms with Gasteiger partial charge in [0.05, 0.1) is 12.7 Å². The van der Waals surface area contributed by atoms with Crippen LogP contribution in [0.5, 0.6) is 0 Å². The van der Waals surface area contributed by atoms with E-state index in [0.717, 1.165) is 12.8 Å². The van der Waals surface area contributed by atoms with Crippen molar-refractivity contribution in [2.45, 2.75) is 25.4 Å². The minimum atomic E-state index is 0. The second kappa shape index (κ2) is 8.95. The number of hydrogen-bond donors (Lipinski definition) is 1. The van der Waals surface area contributed by atoms with Crippen LogP contribution in [0.15, 0.2) is 30.3 Å². The van der Waals surface area contributed by atoms with Gasteiger partial charge in [-0.15, -0.1) is 12.4 Å². The van der Waals surface area contributed by atoms with Gasteiger partial charge in [0.25, 0.3) is 0 Å². The number of nitrogens with two attached hydrogens (primary N) is 1. The first-order valence-corrected chi connectivity index (χ1v) is 6.93. The number of aryl methyl sites for hydroxylation is 1. The van der Waals surface area contributed by atoms with E-state index in [1.807, 2.05) is 23.1 Å². The quantitative estimate of drug-likeness (QED) is 0.899. The van der Waals surface area contributed by atoms with E-state index in [1.165, 1.54) is 5.56 Å². The molecule has 0 aliphatic carbocycles. The van der Waals surface area contributed by atoms with Crippen LogP contribution in [0.3, 0.4) is 0 Å². The van der Waals surface area contributed by atoms with E-state index < -0.39 is 0 Å². The summed E-state index contributed by atoms with van der Waals surface area (Å²) >= 11 is 0. The van der Waals surface area contributed by atoms with Gasteiger partial charge >= 0.3 is 0 Å². The Kier molecular flexibility index (Phi) is 7.59. The molecule has 1 amide bonds. The van der Waals surface area contributed by atoms with Crippen molar-refractivity contribution in [3.8, 4) is 0 Å². The van der Waals surface area contributed by atoms with Crippen molar-refractivity contribution in [3.05, 3.63) is 35.9 Å². The van der Waals surface area contributed by atoms with Crippen molar-refractivity contribution in [3.63, 3.8) is 0 Å². The van der Waals surface area contributed by atoms with Gasteiger partial charge in [0.15, 0.2) is 0 Å². The summed E-state index contributed by atoms with van der Waals surface area (Å²) in [6, 6.07) is 10.3. The van der Waals surface area contributed by atoms with Crippen LogP contribution in [0.1, 0.15) is 18.4 Å². The van der Waals surface area contributed by atoms with Crippen molar-refractivity contribution < 1.29 is 9.53 Å². The van der Waals surface area contributed by atoms with E-state index in [-0.39, 0.29) is 24.4 Å². The first-order chi connectivity index (χ1) is 9.29. The van der Waals surface area contributed by atoms with Gasteiger partial charge < -0.3 is 15.4 Å². The van der Waals surface area contributed by atoms with Crippen molar-refractivity contribution in [1.29, 1.82) is 0 Å². The largest absolute Gasteiger partial charge is 0.373 e. The molecule has 1 aliphatic rings. The Bertz CT molecular complexity index is 400. The number of benzene rings is 1. The molecule has 1 saturated heterocycles. The van der Waals surface area contributed by atoms with Crippen LogP contribution >= 0.6 is 12.4 Å². The summed E-state index contributed by atoms with van der Waals surface area (Å²) in [7, 11) is 0. The minimum Gasteiger partial charge on any atom is -0.373 e. The third kappa shape index (κ3) is 5.12. The van der Waals surface area contributed by atoms with Gasteiger partial charge in [0.2, 0.25) is 5.91 Å². The fraction of sp³-hybridized carbons (Fsp3) is 0.533. The number of rotatable bonds is 5. The van der Waals surface area contributed by atoms with Gasteiger partial charge in [-0.2, -0.15) is 0 Å². The molecule has 20 heavy (non-hydrogen) atoms. The minimum absolute atomic E-state index is 0. The number of hydrogen-bond acceptors (Lipinski definition) is 3. The van der Waals surface area contributed by atoms with Gasteiger partial charge in [-0.05, 0) is 18.4 Å². The number of morpholine rings is 1. The number of carbonyl (C=O) groups excluding carboxylic acids is 1. The van der Waals surface area contributed by atoms with Gasteiger partial charge in [-0.25, -0.2) is 0 Å². The highest BCUT2D eigenvalue weighted by Crippen LogP contribution is 2.09. The summed E-state index contributed by atoms with van der Waals surface area (Å²) in [4.78, 5) is 14.0. The molecule has 1 aliphatic heterocycles. The predicted octanol–water partition coefficient (Wildman–Crippen LogP) is 1.62. The van der Waals surface area contributed by atoms with Crippen LogP contribution in [0.4, 0.5) is 0 Å². The Morgan fingerprint density at radius 1 is 1.35 bits per heavy atom. The molecule has 1 unspecified atom stereocenters. The molecule has 112 valence electrons. The summed E-state index contributed by atoms with van der Waals surface area (Å²) in [5.74, 6) is 0.220. The smallest absolute Gasteiger partial charge is 0.222 e. The highest BCUT2D eigenvalue weighted by Gasteiger charge is 2.22. The second-order valence-corrected chi connectivity index (χ2v) is 4.91. The molecule has 0 saturated carbocycles. The molecule has 1 heterocycles. The summed E-state index contributed by atoms with van der Waals surface area (Å²) in [6.45, 7) is 2.42. The zero-order chi connectivity index (χ0) is 13.5. The molecular weight excluding hydrogens is 276 g/mol. The zero-order valence-electron chi connectivity index (χ0n) is 11.7. The predicted molar refractivity (Wildman–Crippen MR) is 82.0 cm³/mol. The molecule has 0 bridgehead atoms. The van der Waals surface area contributed by atoms with Gasteiger partial charge in [-0.3, -0.25) is 4.79 Å². The van der Waals surface area contributed by atoms with Crippen molar-refractivity contribution in [1.82, 2.24) is 4.90 Å². The molecule has 1 fully saturated rings. The van der Waals surface area contributed by atoms with Crippen LogP contribution in [-0.2, 0) is 16.0 Å². The monoisotopic (exact) mass is 298 g/mol. The van der Waals surface area contributed by atoms with Crippen LogP contribution in [-0.4, -0.2) is 43.2 Å². The summed E-state index contributed by atoms with van der Waals surface area (Å²) in [6.07, 6.45) is 2.46. The van der Waals surface area contributed by atoms with Gasteiger partial charge in [0, 0.05) is 26.1 Å². The standard InChI is InChI=1S/C15H22N2O2.ClH/c16-11-14-12-17(9-10-19-14)15(18)8-4-7-13-5-2-1-3-6-13;/h1-3,5-6,14H,4,7-12,16H2;1H. The van der Waals surface area contributed by atoms with E-state index in [0.29, 0.717) is 32.7 Å². The maximum absolute atomic E-state index is 12.1. The fourth-order valence-electron chi connectivity index (χ4n) is 2.33. The van der Waals surface area contributed by atoms with Crippen LogP contribution in [0.25, 0.3) is 0 Å². The Hall–Kier alpha value is -1.10. The Morgan fingerprint density at radius 2 is 2.10 bits per heavy atom. The molecule has 0 spiro atoms. The second-order valence-electron chi connectivity index (χ2n) is 4.91. The molecule has 5 heteroatoms. The van der Waals surface area contributed by atoms with Crippen LogP contribution in [0.2, 0.25) is 0 Å². The highest BCUT2D eigenvalue weighted by atomic mass is 35.5. The van der Waals surface area contributed by atoms with E-state index in [9.17, 15) is 4.79 Å². The van der Waals surface area contributed by atoms with Gasteiger partial charge in [0.1, 0.15) is 0 Å². The maximum atomic E-state index is 12.1. The maximum Gasteiger partial charge on any atom is 0.222 e. The average Bonchev–Trinajstić information content (AvgIpc) is 2.48. The lowest BCUT2D eigenvalue weighted by Crippen LogP contribution is -2.48. The van der Waals surface area contributed by atoms with E-state index in [1.54, 1.807) is 0 Å². The number of halogens is 1. The molecule has 1 aromatic rings. The number of nitrogens with zero attached hydrogens (tertiary/aromatic N) is 1. The summed E-state index contributed by atoms with van der Waals surface area (Å²) in [5, 5.41) is 0. The normalized spacial score (nSPS) is 18.4. The lowest BCUT2D eigenvalue weighted by molar-refractivity contribution is -0.138. The van der Waals surface area contributed by atoms with Crippen molar-refractivity contribution in [2.75, 3.05) is 26.2 Å². The first kappa shape index (κ1) is 17.0. The third-order valence-electron chi connectivity index (χ3n) is 3.45. The molecule has 0 aromatic heterocycles. The lowest BCUT2D eigenvalue weighted by atomic mass is 10.1. The van der Waals surface area contributed by atoms with Crippen LogP contribution < -0.4 is 5.73 Å². The number of amides is 1. The van der Waals surface area contributed by atoms with Crippen molar-refractivity contribution in [2.24, 2.45) is 5.73 Å². The number of ether oxygens (including phenoxy) is 1. The van der Waals surface area contributed by atoms with E-state index >= 15 is 0 Å². The SMILES string of the molecule is Cl.NCC1CN(C(=O)CCCc2ccccc2)CCO1. The molecular formula is C15H23ClN2O2. The van der Waals surface area contributed by atoms with E-state index in [4.69, 9.17) is 10.5 Å². The highest BCUT2D eigenvalue weighted by molar-refractivity contribution is 5.85. The Labute approximate surface area is 126 Å². The average molecular weight is 299 g/mol. The zero-order valence-corrected chi connectivity index (χ0v) is 12.5. The molecule has 2 N–H and O–H groups in total. The molecule has 4 nitrogen and oxygen atoms in total.